The number of likely N-dealkylation sites (N-methyl/N-ethyl adjacent to an activating group) is 1. The van der Waals surface area contributed by atoms with Crippen LogP contribution in [0.5, 0.6) is 5.75 Å². The number of rotatable bonds is 7. The van der Waals surface area contributed by atoms with Crippen LogP contribution in [0.4, 0.5) is 0 Å². The molecule has 1 atom stereocenters. The zero-order chi connectivity index (χ0) is 22.5. The Bertz CT molecular complexity index is 888. The lowest BCUT2D eigenvalue weighted by molar-refractivity contribution is -0.142. The van der Waals surface area contributed by atoms with Crippen LogP contribution in [-0.4, -0.2) is 36.4 Å². The molecular formula is C24H31BrN2O3. The van der Waals surface area contributed by atoms with Gasteiger partial charge in [-0.1, -0.05) is 56.7 Å². The molecule has 162 valence electrons. The minimum atomic E-state index is -0.612. The van der Waals surface area contributed by atoms with Crippen molar-refractivity contribution < 1.29 is 14.3 Å². The van der Waals surface area contributed by atoms with Gasteiger partial charge >= 0.3 is 0 Å². The summed E-state index contributed by atoms with van der Waals surface area (Å²) in [4.78, 5) is 26.7. The molecule has 0 heterocycles. The standard InChI is InChI=1S/C24H31BrN2O3/c1-16-7-9-18(10-8-16)14-27(17(2)23(29)26-6)22(28)15-30-21-12-11-19(13-20(21)25)24(3,4)5/h7-13,17H,14-15H2,1-6H3,(H,26,29). The van der Waals surface area contributed by atoms with E-state index in [2.05, 4.69) is 42.0 Å². The topological polar surface area (TPSA) is 58.6 Å². The van der Waals surface area contributed by atoms with Gasteiger partial charge in [0.1, 0.15) is 11.8 Å². The number of benzene rings is 2. The molecule has 6 heteroatoms. The first-order valence-electron chi connectivity index (χ1n) is 10.0. The Morgan fingerprint density at radius 3 is 2.30 bits per heavy atom. The fourth-order valence-electron chi connectivity index (χ4n) is 2.99. The van der Waals surface area contributed by atoms with Gasteiger partial charge in [-0.2, -0.15) is 0 Å². The number of hydrogen-bond acceptors (Lipinski definition) is 3. The molecular weight excluding hydrogens is 444 g/mol. The van der Waals surface area contributed by atoms with Crippen LogP contribution in [0.3, 0.4) is 0 Å². The van der Waals surface area contributed by atoms with Crippen LogP contribution in [-0.2, 0) is 21.5 Å². The Labute approximate surface area is 187 Å². The Hall–Kier alpha value is -2.34. The fraction of sp³-hybridized carbons (Fsp3) is 0.417. The molecule has 0 spiro atoms. The maximum atomic E-state index is 13.0. The normalized spacial score (nSPS) is 12.2. The van der Waals surface area contributed by atoms with Crippen molar-refractivity contribution in [2.24, 2.45) is 0 Å². The molecule has 0 fully saturated rings. The Morgan fingerprint density at radius 2 is 1.77 bits per heavy atom. The van der Waals surface area contributed by atoms with Gasteiger partial charge < -0.3 is 15.0 Å². The average molecular weight is 475 g/mol. The van der Waals surface area contributed by atoms with E-state index < -0.39 is 6.04 Å². The fourth-order valence-corrected chi connectivity index (χ4v) is 3.48. The van der Waals surface area contributed by atoms with Gasteiger partial charge in [0.15, 0.2) is 6.61 Å². The summed E-state index contributed by atoms with van der Waals surface area (Å²) < 4.78 is 6.60. The third kappa shape index (κ3) is 6.33. The van der Waals surface area contributed by atoms with Crippen LogP contribution < -0.4 is 10.1 Å². The molecule has 2 aromatic carbocycles. The van der Waals surface area contributed by atoms with Crippen LogP contribution in [0.15, 0.2) is 46.9 Å². The first-order valence-corrected chi connectivity index (χ1v) is 10.8. The minimum Gasteiger partial charge on any atom is -0.483 e. The van der Waals surface area contributed by atoms with Crippen LogP contribution >= 0.6 is 15.9 Å². The first-order chi connectivity index (χ1) is 14.0. The maximum Gasteiger partial charge on any atom is 0.261 e. The molecule has 2 aromatic rings. The zero-order valence-electron chi connectivity index (χ0n) is 18.6. The second-order valence-electron chi connectivity index (χ2n) is 8.48. The van der Waals surface area contributed by atoms with Crippen molar-refractivity contribution in [3.8, 4) is 5.75 Å². The van der Waals surface area contributed by atoms with E-state index in [9.17, 15) is 9.59 Å². The summed E-state index contributed by atoms with van der Waals surface area (Å²) >= 11 is 3.54. The van der Waals surface area contributed by atoms with Gasteiger partial charge in [0, 0.05) is 13.6 Å². The van der Waals surface area contributed by atoms with E-state index in [1.165, 1.54) is 5.56 Å². The molecule has 0 aliphatic heterocycles. The van der Waals surface area contributed by atoms with Crippen molar-refractivity contribution in [3.63, 3.8) is 0 Å². The van der Waals surface area contributed by atoms with Crippen LogP contribution in [0, 0.1) is 6.92 Å². The molecule has 0 aliphatic carbocycles. The molecule has 30 heavy (non-hydrogen) atoms. The van der Waals surface area contributed by atoms with Crippen molar-refractivity contribution in [1.29, 1.82) is 0 Å². The summed E-state index contributed by atoms with van der Waals surface area (Å²) in [5, 5.41) is 2.62. The smallest absolute Gasteiger partial charge is 0.261 e. The average Bonchev–Trinajstić information content (AvgIpc) is 2.70. The monoisotopic (exact) mass is 474 g/mol. The van der Waals surface area contributed by atoms with Gasteiger partial charge in [0.05, 0.1) is 4.47 Å². The summed E-state index contributed by atoms with van der Waals surface area (Å²) in [6, 6.07) is 13.2. The van der Waals surface area contributed by atoms with E-state index in [-0.39, 0.29) is 23.8 Å². The second kappa shape index (κ2) is 10.1. The highest BCUT2D eigenvalue weighted by atomic mass is 79.9. The number of aryl methyl sites for hydroxylation is 1. The van der Waals surface area contributed by atoms with Gasteiger partial charge in [-0.15, -0.1) is 0 Å². The minimum absolute atomic E-state index is 0.0185. The maximum absolute atomic E-state index is 13.0. The van der Waals surface area contributed by atoms with E-state index in [1.807, 2.05) is 49.4 Å². The summed E-state index contributed by atoms with van der Waals surface area (Å²) in [6.45, 7) is 10.3. The lowest BCUT2D eigenvalue weighted by Crippen LogP contribution is -2.48. The molecule has 2 amide bonds. The van der Waals surface area contributed by atoms with Gasteiger partial charge in [0.25, 0.3) is 5.91 Å². The first kappa shape index (κ1) is 23.9. The van der Waals surface area contributed by atoms with E-state index in [0.29, 0.717) is 12.3 Å². The van der Waals surface area contributed by atoms with Crippen molar-refractivity contribution in [2.75, 3.05) is 13.7 Å². The SMILES string of the molecule is CNC(=O)C(C)N(Cc1ccc(C)cc1)C(=O)COc1ccc(C(C)(C)C)cc1Br. The highest BCUT2D eigenvalue weighted by Gasteiger charge is 2.26. The lowest BCUT2D eigenvalue weighted by atomic mass is 9.87. The van der Waals surface area contributed by atoms with Gasteiger partial charge in [-0.05, 0) is 58.5 Å². The molecule has 1 unspecified atom stereocenters. The van der Waals surface area contributed by atoms with E-state index >= 15 is 0 Å². The molecule has 0 aromatic heterocycles. The molecule has 0 saturated heterocycles. The summed E-state index contributed by atoms with van der Waals surface area (Å²) in [5.74, 6) is 0.129. The Kier molecular flexibility index (Phi) is 8.07. The number of amides is 2. The number of nitrogens with zero attached hydrogens (tertiary/aromatic N) is 1. The molecule has 2 rings (SSSR count). The van der Waals surface area contributed by atoms with Crippen LogP contribution in [0.25, 0.3) is 0 Å². The van der Waals surface area contributed by atoms with Gasteiger partial charge in [-0.25, -0.2) is 0 Å². The molecule has 0 radical (unpaired) electrons. The van der Waals surface area contributed by atoms with Crippen LogP contribution in [0.2, 0.25) is 0 Å². The number of carbonyl (C=O) groups excluding carboxylic acids is 2. The third-order valence-electron chi connectivity index (χ3n) is 5.04. The van der Waals surface area contributed by atoms with Crippen LogP contribution in [0.1, 0.15) is 44.4 Å². The largest absolute Gasteiger partial charge is 0.483 e. The Morgan fingerprint density at radius 1 is 1.13 bits per heavy atom. The highest BCUT2D eigenvalue weighted by molar-refractivity contribution is 9.10. The number of carbonyl (C=O) groups is 2. The summed E-state index contributed by atoms with van der Waals surface area (Å²) in [5.41, 5.74) is 3.29. The van der Waals surface area contributed by atoms with Crippen molar-refractivity contribution in [2.45, 2.75) is 52.6 Å². The number of hydrogen-bond donors (Lipinski definition) is 1. The van der Waals surface area contributed by atoms with Gasteiger partial charge in [0.2, 0.25) is 5.91 Å². The highest BCUT2D eigenvalue weighted by Crippen LogP contribution is 2.31. The van der Waals surface area contributed by atoms with E-state index in [1.54, 1.807) is 18.9 Å². The molecule has 1 N–H and O–H groups in total. The van der Waals surface area contributed by atoms with Crippen molar-refractivity contribution in [3.05, 3.63) is 63.6 Å². The van der Waals surface area contributed by atoms with Crippen molar-refractivity contribution >= 4 is 27.7 Å². The summed E-state index contributed by atoms with van der Waals surface area (Å²) in [7, 11) is 1.57. The second-order valence-corrected chi connectivity index (χ2v) is 9.34. The van der Waals surface area contributed by atoms with E-state index in [4.69, 9.17) is 4.74 Å². The number of nitrogens with one attached hydrogen (secondary N) is 1. The molecule has 0 aliphatic rings. The zero-order valence-corrected chi connectivity index (χ0v) is 20.2. The Balaban J connectivity index is 2.15. The third-order valence-corrected chi connectivity index (χ3v) is 5.66. The predicted molar refractivity (Wildman–Crippen MR) is 124 cm³/mol. The summed E-state index contributed by atoms with van der Waals surface area (Å²) in [6.07, 6.45) is 0. The van der Waals surface area contributed by atoms with Crippen molar-refractivity contribution in [1.82, 2.24) is 10.2 Å². The molecule has 5 nitrogen and oxygen atoms in total. The van der Waals surface area contributed by atoms with Gasteiger partial charge in [-0.3, -0.25) is 9.59 Å². The predicted octanol–water partition coefficient (Wildman–Crippen LogP) is 4.60. The number of halogens is 1. The number of ether oxygens (including phenoxy) is 1. The quantitative estimate of drug-likeness (QED) is 0.637. The molecule has 0 saturated carbocycles. The van der Waals surface area contributed by atoms with E-state index in [0.717, 1.165) is 15.6 Å². The molecule has 0 bridgehead atoms. The lowest BCUT2D eigenvalue weighted by Gasteiger charge is -2.28.